The monoisotopic (exact) mass is 227 g/mol. The van der Waals surface area contributed by atoms with Crippen LogP contribution in [0.4, 0.5) is 0 Å². The van der Waals surface area contributed by atoms with Gasteiger partial charge in [-0.25, -0.2) is 0 Å². The molecule has 4 heteroatoms. The van der Waals surface area contributed by atoms with Crippen molar-refractivity contribution >= 4 is 5.91 Å². The fourth-order valence-corrected chi connectivity index (χ4v) is 2.36. The Morgan fingerprint density at radius 2 is 2.00 bits per heavy atom. The van der Waals surface area contributed by atoms with Crippen LogP contribution in [0.25, 0.3) is 0 Å². The van der Waals surface area contributed by atoms with Gasteiger partial charge in [0.05, 0.1) is 18.8 Å². The Morgan fingerprint density at radius 3 is 2.44 bits per heavy atom. The van der Waals surface area contributed by atoms with Crippen LogP contribution in [0.2, 0.25) is 0 Å². The van der Waals surface area contributed by atoms with E-state index in [1.165, 1.54) is 12.8 Å². The molecule has 4 nitrogen and oxygen atoms in total. The van der Waals surface area contributed by atoms with Crippen molar-refractivity contribution in [2.45, 2.75) is 38.1 Å². The van der Waals surface area contributed by atoms with Crippen LogP contribution < -0.4 is 5.32 Å². The molecule has 0 heterocycles. The first kappa shape index (κ1) is 11.9. The third-order valence-electron chi connectivity index (χ3n) is 4.07. The first-order chi connectivity index (χ1) is 7.65. The molecule has 16 heavy (non-hydrogen) atoms. The minimum absolute atomic E-state index is 0.0156. The summed E-state index contributed by atoms with van der Waals surface area (Å²) in [5.41, 5.74) is -0.826. The van der Waals surface area contributed by atoms with Crippen LogP contribution >= 0.6 is 0 Å². The zero-order valence-corrected chi connectivity index (χ0v) is 9.78. The number of rotatable bonds is 6. The first-order valence-electron chi connectivity index (χ1n) is 6.19. The second-order valence-corrected chi connectivity index (χ2v) is 5.28. The third kappa shape index (κ3) is 2.23. The molecule has 3 N–H and O–H groups in total. The maximum Gasteiger partial charge on any atom is 0.224 e. The SMILES string of the molecule is CCC(CO)(CO)NC(=O)C1CC1C1CC1. The molecule has 0 aromatic rings. The Bertz CT molecular complexity index is 263. The van der Waals surface area contributed by atoms with E-state index in [0.717, 1.165) is 12.3 Å². The van der Waals surface area contributed by atoms with Crippen molar-refractivity contribution in [2.24, 2.45) is 17.8 Å². The van der Waals surface area contributed by atoms with Crippen molar-refractivity contribution in [3.05, 3.63) is 0 Å². The standard InChI is InChI=1S/C12H21NO3/c1-2-12(6-14,7-15)13-11(16)10-5-9(10)8-3-4-8/h8-10,14-15H,2-7H2,1H3,(H,13,16). The van der Waals surface area contributed by atoms with Crippen LogP contribution in [0.5, 0.6) is 0 Å². The van der Waals surface area contributed by atoms with Crippen molar-refractivity contribution in [3.63, 3.8) is 0 Å². The van der Waals surface area contributed by atoms with Gasteiger partial charge in [0.2, 0.25) is 5.91 Å². The summed E-state index contributed by atoms with van der Waals surface area (Å²) in [5, 5.41) is 21.3. The summed E-state index contributed by atoms with van der Waals surface area (Å²) < 4.78 is 0. The number of hydrogen-bond donors (Lipinski definition) is 3. The average molecular weight is 227 g/mol. The molecule has 2 aliphatic rings. The normalized spacial score (nSPS) is 28.9. The lowest BCUT2D eigenvalue weighted by Gasteiger charge is -2.29. The van der Waals surface area contributed by atoms with Gasteiger partial charge in [-0.05, 0) is 37.5 Å². The minimum atomic E-state index is -0.826. The number of nitrogens with one attached hydrogen (secondary N) is 1. The number of amides is 1. The van der Waals surface area contributed by atoms with Crippen molar-refractivity contribution < 1.29 is 15.0 Å². The number of aliphatic hydroxyl groups is 2. The highest BCUT2D eigenvalue weighted by atomic mass is 16.3. The van der Waals surface area contributed by atoms with Crippen LogP contribution in [0.1, 0.15) is 32.6 Å². The molecule has 0 radical (unpaired) electrons. The summed E-state index contributed by atoms with van der Waals surface area (Å²) in [6.45, 7) is 1.46. The fourth-order valence-electron chi connectivity index (χ4n) is 2.36. The molecule has 0 saturated heterocycles. The summed E-state index contributed by atoms with van der Waals surface area (Å²) in [6.07, 6.45) is 4.08. The van der Waals surface area contributed by atoms with Crippen molar-refractivity contribution in [2.75, 3.05) is 13.2 Å². The molecular formula is C12H21NO3. The van der Waals surface area contributed by atoms with E-state index in [9.17, 15) is 15.0 Å². The molecule has 0 spiro atoms. The molecular weight excluding hydrogens is 206 g/mol. The number of hydrogen-bond acceptors (Lipinski definition) is 3. The van der Waals surface area contributed by atoms with E-state index in [4.69, 9.17) is 0 Å². The molecule has 0 aromatic heterocycles. The lowest BCUT2D eigenvalue weighted by molar-refractivity contribution is -0.126. The molecule has 0 bridgehead atoms. The van der Waals surface area contributed by atoms with E-state index in [-0.39, 0.29) is 25.0 Å². The van der Waals surface area contributed by atoms with Crippen molar-refractivity contribution in [3.8, 4) is 0 Å². The van der Waals surface area contributed by atoms with Crippen LogP contribution in [0, 0.1) is 17.8 Å². The zero-order valence-electron chi connectivity index (χ0n) is 9.78. The number of carbonyl (C=O) groups is 1. The van der Waals surface area contributed by atoms with Crippen LogP contribution in [-0.4, -0.2) is 34.9 Å². The summed E-state index contributed by atoms with van der Waals surface area (Å²) in [6, 6.07) is 0. The Hall–Kier alpha value is -0.610. The van der Waals surface area contributed by atoms with Crippen LogP contribution in [-0.2, 0) is 4.79 Å². The molecule has 2 fully saturated rings. The predicted octanol–water partition coefficient (Wildman–Crippen LogP) is 0.282. The predicted molar refractivity (Wildman–Crippen MR) is 59.7 cm³/mol. The van der Waals surface area contributed by atoms with Crippen LogP contribution in [0.15, 0.2) is 0 Å². The molecule has 2 aliphatic carbocycles. The quantitative estimate of drug-likeness (QED) is 0.610. The molecule has 2 atom stereocenters. The second-order valence-electron chi connectivity index (χ2n) is 5.28. The maximum absolute atomic E-state index is 11.9. The lowest BCUT2D eigenvalue weighted by Crippen LogP contribution is -2.54. The van der Waals surface area contributed by atoms with E-state index >= 15 is 0 Å². The average Bonchev–Trinajstić information content (AvgIpc) is 3.17. The topological polar surface area (TPSA) is 69.6 Å². The number of carbonyl (C=O) groups excluding carboxylic acids is 1. The minimum Gasteiger partial charge on any atom is -0.394 e. The smallest absolute Gasteiger partial charge is 0.224 e. The molecule has 2 unspecified atom stereocenters. The highest BCUT2D eigenvalue weighted by molar-refractivity contribution is 5.82. The van der Waals surface area contributed by atoms with Gasteiger partial charge in [-0.3, -0.25) is 4.79 Å². The molecule has 92 valence electrons. The van der Waals surface area contributed by atoms with E-state index in [2.05, 4.69) is 5.32 Å². The van der Waals surface area contributed by atoms with Crippen molar-refractivity contribution in [1.82, 2.24) is 5.32 Å². The molecule has 0 aliphatic heterocycles. The van der Waals surface area contributed by atoms with Gasteiger partial charge in [0, 0.05) is 5.92 Å². The third-order valence-corrected chi connectivity index (χ3v) is 4.07. The summed E-state index contributed by atoms with van der Waals surface area (Å²) in [7, 11) is 0. The molecule has 2 saturated carbocycles. The Kier molecular flexibility index (Phi) is 3.22. The van der Waals surface area contributed by atoms with E-state index in [1.54, 1.807) is 0 Å². The first-order valence-corrected chi connectivity index (χ1v) is 6.19. The van der Waals surface area contributed by atoms with E-state index in [0.29, 0.717) is 12.3 Å². The second kappa shape index (κ2) is 4.34. The molecule has 2 rings (SSSR count). The van der Waals surface area contributed by atoms with E-state index < -0.39 is 5.54 Å². The fraction of sp³-hybridized carbons (Fsp3) is 0.917. The zero-order chi connectivity index (χ0) is 11.8. The van der Waals surface area contributed by atoms with Gasteiger partial charge >= 0.3 is 0 Å². The van der Waals surface area contributed by atoms with Gasteiger partial charge < -0.3 is 15.5 Å². The van der Waals surface area contributed by atoms with Gasteiger partial charge in [0.25, 0.3) is 0 Å². The van der Waals surface area contributed by atoms with Gasteiger partial charge in [-0.15, -0.1) is 0 Å². The van der Waals surface area contributed by atoms with Gasteiger partial charge in [-0.2, -0.15) is 0 Å². The summed E-state index contributed by atoms with van der Waals surface area (Å²) in [4.78, 5) is 11.9. The molecule has 0 aromatic carbocycles. The highest BCUT2D eigenvalue weighted by Crippen LogP contribution is 2.54. The van der Waals surface area contributed by atoms with Gasteiger partial charge in [0.1, 0.15) is 0 Å². The molecule has 1 amide bonds. The van der Waals surface area contributed by atoms with Gasteiger partial charge in [0.15, 0.2) is 0 Å². The van der Waals surface area contributed by atoms with E-state index in [1.807, 2.05) is 6.92 Å². The lowest BCUT2D eigenvalue weighted by atomic mass is 9.98. The largest absolute Gasteiger partial charge is 0.394 e. The maximum atomic E-state index is 11.9. The highest BCUT2D eigenvalue weighted by Gasteiger charge is 2.52. The summed E-state index contributed by atoms with van der Waals surface area (Å²) in [5.74, 6) is 1.50. The van der Waals surface area contributed by atoms with Gasteiger partial charge in [-0.1, -0.05) is 6.92 Å². The Balaban J connectivity index is 1.86. The number of aliphatic hydroxyl groups excluding tert-OH is 2. The Labute approximate surface area is 96.0 Å². The Morgan fingerprint density at radius 1 is 1.38 bits per heavy atom. The van der Waals surface area contributed by atoms with Crippen LogP contribution in [0.3, 0.4) is 0 Å². The van der Waals surface area contributed by atoms with Crippen molar-refractivity contribution in [1.29, 1.82) is 0 Å². The summed E-state index contributed by atoms with van der Waals surface area (Å²) >= 11 is 0.